The smallest absolute Gasteiger partial charge is 0.0488 e. The zero-order valence-electron chi connectivity index (χ0n) is 11.6. The Bertz CT molecular complexity index is 547. The van der Waals surface area contributed by atoms with Crippen LogP contribution in [-0.4, -0.2) is 11.0 Å². The van der Waals surface area contributed by atoms with Gasteiger partial charge in [0.2, 0.25) is 0 Å². The van der Waals surface area contributed by atoms with Gasteiger partial charge in [-0.1, -0.05) is 43.6 Å². The Morgan fingerprint density at radius 1 is 1.21 bits per heavy atom. The quantitative estimate of drug-likeness (QED) is 0.903. The highest BCUT2D eigenvalue weighted by atomic mass is 35.5. The van der Waals surface area contributed by atoms with Crippen molar-refractivity contribution in [1.29, 1.82) is 0 Å². The molecule has 0 fully saturated rings. The summed E-state index contributed by atoms with van der Waals surface area (Å²) in [6, 6.07) is 10.7. The summed E-state index contributed by atoms with van der Waals surface area (Å²) in [5.41, 5.74) is 4.29. The number of hydrogen-bond donors (Lipinski definition) is 1. The van der Waals surface area contributed by atoms with Crippen LogP contribution in [0, 0.1) is 6.92 Å². The normalized spacial score (nSPS) is 11.0. The van der Waals surface area contributed by atoms with Gasteiger partial charge in [0.15, 0.2) is 0 Å². The average Bonchev–Trinajstić information content (AvgIpc) is 2.38. The van der Waals surface area contributed by atoms with Crippen LogP contribution in [0.15, 0.2) is 36.5 Å². The molecule has 0 atom stereocenters. The third-order valence-electron chi connectivity index (χ3n) is 2.97. The second kappa shape index (κ2) is 6.18. The van der Waals surface area contributed by atoms with Crippen molar-refractivity contribution in [3.63, 3.8) is 0 Å². The number of benzene rings is 1. The van der Waals surface area contributed by atoms with E-state index in [1.54, 1.807) is 0 Å². The van der Waals surface area contributed by atoms with Crippen LogP contribution in [0.25, 0.3) is 11.1 Å². The molecule has 3 heteroatoms. The van der Waals surface area contributed by atoms with Gasteiger partial charge in [0.25, 0.3) is 0 Å². The molecule has 19 heavy (non-hydrogen) atoms. The molecule has 0 saturated carbocycles. The minimum absolute atomic E-state index is 0.472. The minimum atomic E-state index is 0.472. The predicted molar refractivity (Wildman–Crippen MR) is 81.4 cm³/mol. The van der Waals surface area contributed by atoms with Gasteiger partial charge in [-0.2, -0.15) is 0 Å². The Balaban J connectivity index is 2.21. The molecule has 1 heterocycles. The molecule has 1 aromatic carbocycles. The molecule has 0 radical (unpaired) electrons. The van der Waals surface area contributed by atoms with E-state index >= 15 is 0 Å². The van der Waals surface area contributed by atoms with Crippen molar-refractivity contribution in [2.45, 2.75) is 33.4 Å². The Morgan fingerprint density at radius 3 is 2.58 bits per heavy atom. The molecule has 0 aliphatic heterocycles. The molecular weight excluding hydrogens is 256 g/mol. The molecule has 2 nitrogen and oxygen atoms in total. The standard InChI is InChI=1S/C16H19ClN2/c1-11(2)18-9-13-5-7-15(16(17)8-13)14-6-4-12(3)19-10-14/h4-8,10-11,18H,9H2,1-3H3. The van der Waals surface area contributed by atoms with E-state index in [-0.39, 0.29) is 0 Å². The summed E-state index contributed by atoms with van der Waals surface area (Å²) in [6.07, 6.45) is 1.86. The van der Waals surface area contributed by atoms with Crippen LogP contribution in [0.3, 0.4) is 0 Å². The first-order chi connectivity index (χ1) is 9.06. The summed E-state index contributed by atoms with van der Waals surface area (Å²) >= 11 is 6.36. The Morgan fingerprint density at radius 2 is 2.00 bits per heavy atom. The van der Waals surface area contributed by atoms with Crippen molar-refractivity contribution in [3.8, 4) is 11.1 Å². The van der Waals surface area contributed by atoms with Gasteiger partial charge in [0, 0.05) is 40.6 Å². The molecule has 0 unspecified atom stereocenters. The van der Waals surface area contributed by atoms with Crippen molar-refractivity contribution in [1.82, 2.24) is 10.3 Å². The number of aromatic nitrogens is 1. The first-order valence-corrected chi connectivity index (χ1v) is 6.89. The number of pyridine rings is 1. The van der Waals surface area contributed by atoms with Crippen molar-refractivity contribution < 1.29 is 0 Å². The molecule has 2 rings (SSSR count). The monoisotopic (exact) mass is 274 g/mol. The first kappa shape index (κ1) is 14.0. The van der Waals surface area contributed by atoms with Crippen LogP contribution in [0.1, 0.15) is 25.1 Å². The lowest BCUT2D eigenvalue weighted by atomic mass is 10.0. The lowest BCUT2D eigenvalue weighted by Crippen LogP contribution is -2.21. The maximum absolute atomic E-state index is 6.36. The zero-order valence-corrected chi connectivity index (χ0v) is 12.3. The zero-order chi connectivity index (χ0) is 13.8. The van der Waals surface area contributed by atoms with E-state index in [0.717, 1.165) is 28.4 Å². The van der Waals surface area contributed by atoms with Gasteiger partial charge in [-0.3, -0.25) is 4.98 Å². The first-order valence-electron chi connectivity index (χ1n) is 6.51. The van der Waals surface area contributed by atoms with Crippen LogP contribution < -0.4 is 5.32 Å². The van der Waals surface area contributed by atoms with Crippen molar-refractivity contribution >= 4 is 11.6 Å². The molecule has 0 saturated heterocycles. The molecule has 0 spiro atoms. The molecule has 0 bridgehead atoms. The summed E-state index contributed by atoms with van der Waals surface area (Å²) in [6.45, 7) is 7.08. The van der Waals surface area contributed by atoms with E-state index in [1.165, 1.54) is 5.56 Å². The van der Waals surface area contributed by atoms with E-state index in [9.17, 15) is 0 Å². The second-order valence-electron chi connectivity index (χ2n) is 5.04. The third kappa shape index (κ3) is 3.79. The molecule has 100 valence electrons. The predicted octanol–water partition coefficient (Wildman–Crippen LogP) is 4.21. The van der Waals surface area contributed by atoms with Gasteiger partial charge in [-0.25, -0.2) is 0 Å². The summed E-state index contributed by atoms with van der Waals surface area (Å²) in [5.74, 6) is 0. The molecule has 0 amide bonds. The summed E-state index contributed by atoms with van der Waals surface area (Å²) in [4.78, 5) is 4.31. The Labute approximate surface area is 119 Å². The minimum Gasteiger partial charge on any atom is -0.310 e. The Kier molecular flexibility index (Phi) is 4.56. The summed E-state index contributed by atoms with van der Waals surface area (Å²) in [7, 11) is 0. The van der Waals surface area contributed by atoms with Crippen molar-refractivity contribution in [2.75, 3.05) is 0 Å². The van der Waals surface area contributed by atoms with E-state index < -0.39 is 0 Å². The van der Waals surface area contributed by atoms with Crippen molar-refractivity contribution in [2.24, 2.45) is 0 Å². The largest absolute Gasteiger partial charge is 0.310 e. The SMILES string of the molecule is Cc1ccc(-c2ccc(CNC(C)C)cc2Cl)cn1. The molecule has 2 aromatic rings. The molecule has 0 aliphatic rings. The highest BCUT2D eigenvalue weighted by molar-refractivity contribution is 6.33. The maximum atomic E-state index is 6.36. The third-order valence-corrected chi connectivity index (χ3v) is 3.28. The van der Waals surface area contributed by atoms with E-state index in [0.29, 0.717) is 6.04 Å². The van der Waals surface area contributed by atoms with E-state index in [4.69, 9.17) is 11.6 Å². The van der Waals surface area contributed by atoms with Crippen LogP contribution >= 0.6 is 11.6 Å². The number of aryl methyl sites for hydroxylation is 1. The fraction of sp³-hybridized carbons (Fsp3) is 0.312. The highest BCUT2D eigenvalue weighted by Gasteiger charge is 2.05. The summed E-state index contributed by atoms with van der Waals surface area (Å²) in [5, 5.41) is 4.16. The maximum Gasteiger partial charge on any atom is 0.0488 e. The Hall–Kier alpha value is -1.38. The van der Waals surface area contributed by atoms with E-state index in [2.05, 4.69) is 42.3 Å². The van der Waals surface area contributed by atoms with Crippen LogP contribution in [0.4, 0.5) is 0 Å². The number of nitrogens with zero attached hydrogens (tertiary/aromatic N) is 1. The topological polar surface area (TPSA) is 24.9 Å². The number of hydrogen-bond acceptors (Lipinski definition) is 2. The van der Waals surface area contributed by atoms with Gasteiger partial charge in [-0.15, -0.1) is 0 Å². The molecule has 1 N–H and O–H groups in total. The second-order valence-corrected chi connectivity index (χ2v) is 5.45. The number of halogens is 1. The van der Waals surface area contributed by atoms with E-state index in [1.807, 2.05) is 25.3 Å². The summed E-state index contributed by atoms with van der Waals surface area (Å²) < 4.78 is 0. The number of nitrogens with one attached hydrogen (secondary N) is 1. The lowest BCUT2D eigenvalue weighted by molar-refractivity contribution is 0.589. The fourth-order valence-corrected chi connectivity index (χ4v) is 2.16. The average molecular weight is 275 g/mol. The van der Waals surface area contributed by atoms with Crippen molar-refractivity contribution in [3.05, 3.63) is 52.8 Å². The highest BCUT2D eigenvalue weighted by Crippen LogP contribution is 2.28. The lowest BCUT2D eigenvalue weighted by Gasteiger charge is -2.10. The van der Waals surface area contributed by atoms with Crippen LogP contribution in [0.2, 0.25) is 5.02 Å². The molecule has 0 aliphatic carbocycles. The van der Waals surface area contributed by atoms with Gasteiger partial charge in [0.1, 0.15) is 0 Å². The molecule has 1 aromatic heterocycles. The van der Waals surface area contributed by atoms with Gasteiger partial charge in [-0.05, 0) is 24.6 Å². The molecular formula is C16H19ClN2. The fourth-order valence-electron chi connectivity index (χ4n) is 1.85. The number of rotatable bonds is 4. The van der Waals surface area contributed by atoms with Crippen LogP contribution in [-0.2, 0) is 6.54 Å². The van der Waals surface area contributed by atoms with Gasteiger partial charge >= 0.3 is 0 Å². The van der Waals surface area contributed by atoms with Gasteiger partial charge < -0.3 is 5.32 Å². The van der Waals surface area contributed by atoms with Gasteiger partial charge in [0.05, 0.1) is 0 Å². The van der Waals surface area contributed by atoms with Crippen LogP contribution in [0.5, 0.6) is 0 Å².